The van der Waals surface area contributed by atoms with E-state index in [4.69, 9.17) is 25.9 Å². The summed E-state index contributed by atoms with van der Waals surface area (Å²) in [5.41, 5.74) is 0.936. The van der Waals surface area contributed by atoms with Gasteiger partial charge in [-0.25, -0.2) is 0 Å². The molecule has 131 valence electrons. The van der Waals surface area contributed by atoms with Gasteiger partial charge in [-0.1, -0.05) is 11.6 Å². The van der Waals surface area contributed by atoms with Gasteiger partial charge < -0.3 is 14.3 Å². The summed E-state index contributed by atoms with van der Waals surface area (Å²) in [6, 6.07) is 5.01. The Morgan fingerprint density at radius 1 is 1.36 bits per heavy atom. The zero-order valence-electron chi connectivity index (χ0n) is 13.5. The molecule has 1 N–H and O–H groups in total. The van der Waals surface area contributed by atoms with Gasteiger partial charge in [-0.05, 0) is 38.5 Å². The molecule has 0 bridgehead atoms. The number of furan rings is 1. The number of hydrogen-bond acceptors (Lipinski definition) is 5. The van der Waals surface area contributed by atoms with Gasteiger partial charge >= 0.3 is 11.9 Å². The second-order valence-corrected chi connectivity index (χ2v) is 6.61. The number of ketones is 1. The van der Waals surface area contributed by atoms with E-state index in [1.165, 1.54) is 6.07 Å². The molecule has 1 unspecified atom stereocenters. The maximum Gasteiger partial charge on any atom is 0.309 e. The molecule has 0 saturated heterocycles. The van der Waals surface area contributed by atoms with Crippen LogP contribution in [-0.2, 0) is 14.3 Å². The number of hydrogen-bond donors (Lipinski definition) is 1. The number of ether oxygens (including phenoxy) is 1. The standard InChI is InChI=1S/C18H16ClO6/c1-8-3-11-5-10(6-14(19)17(11)24-8)16(22)12-7-13(12)18(23)25-9(2)4-15(20)21/h3,5-6,9,12-13H,2,4,7H2,1H3,(H,20,21)/t9?,12-,13-/m0/s1. The van der Waals surface area contributed by atoms with Crippen molar-refractivity contribution in [1.82, 2.24) is 0 Å². The van der Waals surface area contributed by atoms with Crippen LogP contribution in [0.3, 0.4) is 0 Å². The number of halogens is 1. The molecule has 7 heteroatoms. The number of carbonyl (C=O) groups excluding carboxylic acids is 2. The fourth-order valence-electron chi connectivity index (χ4n) is 2.83. The number of carboxylic acids is 1. The molecule has 0 amide bonds. The summed E-state index contributed by atoms with van der Waals surface area (Å²) in [4.78, 5) is 35.1. The summed E-state index contributed by atoms with van der Waals surface area (Å²) in [5, 5.41) is 9.72. The molecule has 25 heavy (non-hydrogen) atoms. The fourth-order valence-corrected chi connectivity index (χ4v) is 3.09. The number of benzene rings is 1. The fraction of sp³-hybridized carbons (Fsp3) is 0.333. The van der Waals surface area contributed by atoms with Crippen molar-refractivity contribution in [3.05, 3.63) is 41.5 Å². The van der Waals surface area contributed by atoms with Gasteiger partial charge in [-0.2, -0.15) is 0 Å². The molecule has 1 fully saturated rings. The van der Waals surface area contributed by atoms with Crippen molar-refractivity contribution in [2.75, 3.05) is 0 Å². The van der Waals surface area contributed by atoms with Gasteiger partial charge in [-0.15, -0.1) is 0 Å². The van der Waals surface area contributed by atoms with Gasteiger partial charge in [0.2, 0.25) is 0 Å². The van der Waals surface area contributed by atoms with Gasteiger partial charge in [0.15, 0.2) is 11.4 Å². The van der Waals surface area contributed by atoms with Crippen molar-refractivity contribution in [2.24, 2.45) is 11.8 Å². The van der Waals surface area contributed by atoms with Gasteiger partial charge in [0, 0.05) is 16.9 Å². The quantitative estimate of drug-likeness (QED) is 0.624. The lowest BCUT2D eigenvalue weighted by Gasteiger charge is -2.10. The van der Waals surface area contributed by atoms with Crippen LogP contribution in [0.5, 0.6) is 0 Å². The number of carboxylic acid groups (broad SMARTS) is 1. The van der Waals surface area contributed by atoms with Crippen molar-refractivity contribution in [2.45, 2.75) is 25.9 Å². The van der Waals surface area contributed by atoms with Crippen molar-refractivity contribution in [3.63, 3.8) is 0 Å². The van der Waals surface area contributed by atoms with E-state index in [1.54, 1.807) is 19.1 Å². The average molecular weight is 364 g/mol. The Bertz CT molecular complexity index is 868. The molecule has 3 atom stereocenters. The van der Waals surface area contributed by atoms with Gasteiger partial charge in [-0.3, -0.25) is 14.4 Å². The molecule has 1 aliphatic carbocycles. The topological polar surface area (TPSA) is 93.8 Å². The van der Waals surface area contributed by atoms with E-state index in [1.807, 2.05) is 0 Å². The summed E-state index contributed by atoms with van der Waals surface area (Å²) < 4.78 is 10.4. The van der Waals surface area contributed by atoms with Crippen LogP contribution in [0.15, 0.2) is 22.6 Å². The predicted octanol–water partition coefficient (Wildman–Crippen LogP) is 3.43. The minimum absolute atomic E-state index is 0.191. The zero-order chi connectivity index (χ0) is 18.3. The number of aliphatic carboxylic acids is 1. The number of carbonyl (C=O) groups is 3. The first-order valence-corrected chi connectivity index (χ1v) is 8.13. The first-order valence-electron chi connectivity index (χ1n) is 7.75. The summed E-state index contributed by atoms with van der Waals surface area (Å²) in [5.74, 6) is -2.24. The molecule has 1 aromatic carbocycles. The molecule has 6 nitrogen and oxygen atoms in total. The maximum absolute atomic E-state index is 12.6. The highest BCUT2D eigenvalue weighted by Crippen LogP contribution is 2.43. The molecule has 3 rings (SSSR count). The number of aryl methyl sites for hydroxylation is 1. The third-order valence-electron chi connectivity index (χ3n) is 4.09. The Hall–Kier alpha value is -2.34. The lowest BCUT2D eigenvalue weighted by atomic mass is 10.0. The molecule has 0 spiro atoms. The summed E-state index contributed by atoms with van der Waals surface area (Å²) >= 11 is 6.16. The molecule has 1 radical (unpaired) electrons. The van der Waals surface area contributed by atoms with Gasteiger partial charge in [0.05, 0.1) is 17.4 Å². The Morgan fingerprint density at radius 2 is 2.08 bits per heavy atom. The molecule has 1 aliphatic rings. The monoisotopic (exact) mass is 363 g/mol. The highest BCUT2D eigenvalue weighted by atomic mass is 35.5. The average Bonchev–Trinajstić information content (AvgIpc) is 3.21. The maximum atomic E-state index is 12.6. The first-order chi connectivity index (χ1) is 11.8. The van der Waals surface area contributed by atoms with Crippen LogP contribution in [0, 0.1) is 25.7 Å². The molecule has 1 heterocycles. The van der Waals surface area contributed by atoms with Gasteiger partial charge in [0.1, 0.15) is 11.9 Å². The van der Waals surface area contributed by atoms with E-state index >= 15 is 0 Å². The third kappa shape index (κ3) is 3.69. The van der Waals surface area contributed by atoms with Crippen molar-refractivity contribution in [1.29, 1.82) is 0 Å². The smallest absolute Gasteiger partial charge is 0.309 e. The van der Waals surface area contributed by atoms with Gasteiger partial charge in [0.25, 0.3) is 0 Å². The second-order valence-electron chi connectivity index (χ2n) is 6.20. The number of Topliss-reactive ketones (excluding diaryl/α,β-unsaturated/α-hetero) is 1. The van der Waals surface area contributed by atoms with Crippen LogP contribution in [0.4, 0.5) is 0 Å². The highest BCUT2D eigenvalue weighted by Gasteiger charge is 2.49. The molecule has 0 aliphatic heterocycles. The van der Waals surface area contributed by atoms with E-state index < -0.39 is 29.9 Å². The van der Waals surface area contributed by atoms with Crippen LogP contribution < -0.4 is 0 Å². The van der Waals surface area contributed by atoms with Crippen molar-refractivity contribution in [3.8, 4) is 0 Å². The summed E-state index contributed by atoms with van der Waals surface area (Å²) in [7, 11) is 0. The molecular weight excluding hydrogens is 348 g/mol. The Morgan fingerprint density at radius 3 is 2.76 bits per heavy atom. The lowest BCUT2D eigenvalue weighted by Crippen LogP contribution is -2.21. The Balaban J connectivity index is 1.69. The highest BCUT2D eigenvalue weighted by molar-refractivity contribution is 6.35. The minimum atomic E-state index is -1.10. The van der Waals surface area contributed by atoms with E-state index in [0.29, 0.717) is 28.4 Å². The number of esters is 1. The van der Waals surface area contributed by atoms with E-state index in [2.05, 4.69) is 6.92 Å². The third-order valence-corrected chi connectivity index (χ3v) is 4.37. The van der Waals surface area contributed by atoms with E-state index in [0.717, 1.165) is 5.39 Å². The van der Waals surface area contributed by atoms with Crippen LogP contribution in [0.2, 0.25) is 5.02 Å². The SMILES string of the molecule is [CH2]C(CC(=O)O)OC(=O)[C@H]1C[C@@H]1C(=O)c1cc(Cl)c2oc(C)cc2c1. The predicted molar refractivity (Wildman–Crippen MR) is 89.4 cm³/mol. The van der Waals surface area contributed by atoms with Crippen LogP contribution in [-0.4, -0.2) is 28.9 Å². The lowest BCUT2D eigenvalue weighted by molar-refractivity contribution is -0.152. The minimum Gasteiger partial charge on any atom is -0.481 e. The van der Waals surface area contributed by atoms with Crippen LogP contribution >= 0.6 is 11.6 Å². The molecule has 1 saturated carbocycles. The summed E-state index contributed by atoms with van der Waals surface area (Å²) in [6.45, 7) is 5.26. The first kappa shape index (κ1) is 17.5. The zero-order valence-corrected chi connectivity index (χ0v) is 14.2. The van der Waals surface area contributed by atoms with Crippen molar-refractivity contribution < 1.29 is 28.6 Å². The van der Waals surface area contributed by atoms with Crippen molar-refractivity contribution >= 4 is 40.3 Å². The number of rotatable bonds is 6. The largest absolute Gasteiger partial charge is 0.481 e. The normalized spacial score (nSPS) is 20.3. The van der Waals surface area contributed by atoms with E-state index in [9.17, 15) is 14.4 Å². The molecular formula is C18H16ClO6. The Kier molecular flexibility index (Phi) is 4.56. The van der Waals surface area contributed by atoms with E-state index in [-0.39, 0.29) is 12.2 Å². The summed E-state index contributed by atoms with van der Waals surface area (Å²) in [6.07, 6.45) is -0.971. The molecule has 1 aromatic heterocycles. The number of fused-ring (bicyclic) bond motifs is 1. The molecule has 2 aromatic rings. The van der Waals surface area contributed by atoms with Crippen LogP contribution in [0.1, 0.15) is 29.0 Å². The second kappa shape index (κ2) is 6.52. The Labute approximate surface area is 148 Å². The van der Waals surface area contributed by atoms with Crippen LogP contribution in [0.25, 0.3) is 11.0 Å².